The summed E-state index contributed by atoms with van der Waals surface area (Å²) in [5.74, 6) is 1.75. The number of hydrogen-bond acceptors (Lipinski definition) is 4. The molecule has 1 aliphatic rings. The first kappa shape index (κ1) is 13.9. The third kappa shape index (κ3) is 3.03. The number of aromatic nitrogens is 2. The predicted molar refractivity (Wildman–Crippen MR) is 80.5 cm³/mol. The van der Waals surface area contributed by atoms with Crippen LogP contribution in [0, 0.1) is 6.92 Å². The van der Waals surface area contributed by atoms with Crippen LogP contribution < -0.4 is 9.47 Å². The van der Waals surface area contributed by atoms with Crippen LogP contribution in [0.5, 0.6) is 11.5 Å². The van der Waals surface area contributed by atoms with Crippen molar-refractivity contribution in [2.75, 3.05) is 13.7 Å². The van der Waals surface area contributed by atoms with E-state index in [-0.39, 0.29) is 6.10 Å². The van der Waals surface area contributed by atoms with Crippen LogP contribution in [0.25, 0.3) is 0 Å². The number of nitrogens with zero attached hydrogens (tertiary/aromatic N) is 2. The molecule has 2 heterocycles. The van der Waals surface area contributed by atoms with Crippen LogP contribution >= 0.6 is 0 Å². The van der Waals surface area contributed by atoms with Gasteiger partial charge >= 0.3 is 0 Å². The highest BCUT2D eigenvalue weighted by Gasteiger charge is 2.21. The van der Waals surface area contributed by atoms with E-state index in [0.29, 0.717) is 0 Å². The normalized spacial score (nSPS) is 18.7. The SMILES string of the molecule is COc1ccc2c(c1)OC(C)CN(Cc1nc[nH]c1C)C2. The number of H-pyrrole nitrogens is 1. The first-order chi connectivity index (χ1) is 10.2. The van der Waals surface area contributed by atoms with Crippen molar-refractivity contribution in [2.45, 2.75) is 33.0 Å². The Morgan fingerprint density at radius 1 is 1.48 bits per heavy atom. The number of benzene rings is 1. The van der Waals surface area contributed by atoms with Crippen LogP contribution in [0.3, 0.4) is 0 Å². The van der Waals surface area contributed by atoms with Gasteiger partial charge in [-0.1, -0.05) is 6.07 Å². The van der Waals surface area contributed by atoms with E-state index in [4.69, 9.17) is 9.47 Å². The van der Waals surface area contributed by atoms with Crippen LogP contribution in [0.2, 0.25) is 0 Å². The largest absolute Gasteiger partial charge is 0.497 e. The molecular weight excluding hydrogens is 266 g/mol. The number of fused-ring (bicyclic) bond motifs is 1. The standard InChI is InChI=1S/C16H21N3O2/c1-11-7-19(9-15-12(2)17-10-18-15)8-13-4-5-14(20-3)6-16(13)21-11/h4-6,10-11H,7-9H2,1-3H3,(H,17,18). The third-order valence-corrected chi connectivity index (χ3v) is 3.82. The molecule has 1 N–H and O–H groups in total. The molecule has 0 aliphatic carbocycles. The summed E-state index contributed by atoms with van der Waals surface area (Å²) in [5, 5.41) is 0. The first-order valence-electron chi connectivity index (χ1n) is 7.20. The molecule has 5 nitrogen and oxygen atoms in total. The van der Waals surface area contributed by atoms with E-state index in [0.717, 1.165) is 42.5 Å². The van der Waals surface area contributed by atoms with Crippen molar-refractivity contribution >= 4 is 0 Å². The fourth-order valence-corrected chi connectivity index (χ4v) is 2.70. The van der Waals surface area contributed by atoms with E-state index in [9.17, 15) is 0 Å². The Bertz CT molecular complexity index is 624. The average molecular weight is 287 g/mol. The highest BCUT2D eigenvalue weighted by atomic mass is 16.5. The zero-order valence-electron chi connectivity index (χ0n) is 12.7. The van der Waals surface area contributed by atoms with E-state index in [1.165, 1.54) is 5.56 Å². The van der Waals surface area contributed by atoms with Gasteiger partial charge in [0.2, 0.25) is 0 Å². The van der Waals surface area contributed by atoms with Crippen LogP contribution in [0.4, 0.5) is 0 Å². The zero-order valence-corrected chi connectivity index (χ0v) is 12.7. The van der Waals surface area contributed by atoms with Crippen LogP contribution in [-0.2, 0) is 13.1 Å². The van der Waals surface area contributed by atoms with Gasteiger partial charge < -0.3 is 14.5 Å². The first-order valence-corrected chi connectivity index (χ1v) is 7.20. The molecule has 112 valence electrons. The highest BCUT2D eigenvalue weighted by molar-refractivity contribution is 5.41. The second-order valence-corrected chi connectivity index (χ2v) is 5.55. The molecule has 3 rings (SSSR count). The van der Waals surface area contributed by atoms with Crippen molar-refractivity contribution in [1.82, 2.24) is 14.9 Å². The van der Waals surface area contributed by atoms with Gasteiger partial charge in [-0.3, -0.25) is 4.90 Å². The maximum absolute atomic E-state index is 6.03. The predicted octanol–water partition coefficient (Wildman–Crippen LogP) is 2.51. The van der Waals surface area contributed by atoms with Crippen LogP contribution in [-0.4, -0.2) is 34.6 Å². The topological polar surface area (TPSA) is 50.4 Å². The fraction of sp³-hybridized carbons (Fsp3) is 0.438. The molecule has 0 fully saturated rings. The van der Waals surface area contributed by atoms with Crippen molar-refractivity contribution in [3.8, 4) is 11.5 Å². The van der Waals surface area contributed by atoms with Crippen molar-refractivity contribution in [3.05, 3.63) is 41.5 Å². The summed E-state index contributed by atoms with van der Waals surface area (Å²) in [5.41, 5.74) is 3.41. The molecule has 2 aromatic rings. The molecule has 0 radical (unpaired) electrons. The lowest BCUT2D eigenvalue weighted by Gasteiger charge is -2.21. The number of nitrogens with one attached hydrogen (secondary N) is 1. The molecule has 0 spiro atoms. The molecule has 1 unspecified atom stereocenters. The number of rotatable bonds is 3. The van der Waals surface area contributed by atoms with Gasteiger partial charge in [-0.25, -0.2) is 4.98 Å². The minimum absolute atomic E-state index is 0.137. The lowest BCUT2D eigenvalue weighted by molar-refractivity contribution is 0.155. The number of aryl methyl sites for hydroxylation is 1. The van der Waals surface area contributed by atoms with Gasteiger partial charge in [0.05, 0.1) is 19.1 Å². The number of imidazole rings is 1. The maximum Gasteiger partial charge on any atom is 0.127 e. The Morgan fingerprint density at radius 3 is 3.05 bits per heavy atom. The monoisotopic (exact) mass is 287 g/mol. The molecule has 1 aromatic heterocycles. The number of aromatic amines is 1. The van der Waals surface area contributed by atoms with Gasteiger partial charge in [-0.15, -0.1) is 0 Å². The lowest BCUT2D eigenvalue weighted by Crippen LogP contribution is -2.30. The minimum Gasteiger partial charge on any atom is -0.497 e. The van der Waals surface area contributed by atoms with E-state index in [1.807, 2.05) is 12.1 Å². The molecule has 5 heteroatoms. The third-order valence-electron chi connectivity index (χ3n) is 3.82. The average Bonchev–Trinajstić information content (AvgIpc) is 2.78. The van der Waals surface area contributed by atoms with Crippen molar-refractivity contribution < 1.29 is 9.47 Å². The number of methoxy groups -OCH3 is 1. The van der Waals surface area contributed by atoms with Gasteiger partial charge in [0, 0.05) is 37.0 Å². The van der Waals surface area contributed by atoms with E-state index in [2.05, 4.69) is 34.8 Å². The minimum atomic E-state index is 0.137. The quantitative estimate of drug-likeness (QED) is 0.942. The Morgan fingerprint density at radius 2 is 2.33 bits per heavy atom. The van der Waals surface area contributed by atoms with Gasteiger partial charge in [0.1, 0.15) is 17.6 Å². The van der Waals surface area contributed by atoms with Crippen molar-refractivity contribution in [2.24, 2.45) is 0 Å². The molecule has 1 atom stereocenters. The van der Waals surface area contributed by atoms with E-state index >= 15 is 0 Å². The van der Waals surface area contributed by atoms with Gasteiger partial charge in [-0.05, 0) is 19.9 Å². The Hall–Kier alpha value is -2.01. The molecule has 1 aliphatic heterocycles. The Kier molecular flexibility index (Phi) is 3.84. The van der Waals surface area contributed by atoms with Crippen LogP contribution in [0.1, 0.15) is 23.9 Å². The molecular formula is C16H21N3O2. The summed E-state index contributed by atoms with van der Waals surface area (Å²) in [6, 6.07) is 6.03. The maximum atomic E-state index is 6.03. The summed E-state index contributed by atoms with van der Waals surface area (Å²) in [4.78, 5) is 9.89. The fourth-order valence-electron chi connectivity index (χ4n) is 2.70. The van der Waals surface area contributed by atoms with Gasteiger partial charge in [0.25, 0.3) is 0 Å². The molecule has 1 aromatic carbocycles. The zero-order chi connectivity index (χ0) is 14.8. The highest BCUT2D eigenvalue weighted by Crippen LogP contribution is 2.29. The molecule has 0 bridgehead atoms. The summed E-state index contributed by atoms with van der Waals surface area (Å²) in [6.45, 7) is 6.71. The van der Waals surface area contributed by atoms with Gasteiger partial charge in [0.15, 0.2) is 0 Å². The summed E-state index contributed by atoms with van der Waals surface area (Å²) >= 11 is 0. The molecule has 0 saturated carbocycles. The molecule has 0 amide bonds. The number of hydrogen-bond donors (Lipinski definition) is 1. The Labute approximate surface area is 124 Å². The number of ether oxygens (including phenoxy) is 2. The van der Waals surface area contributed by atoms with Crippen molar-refractivity contribution in [3.63, 3.8) is 0 Å². The second-order valence-electron chi connectivity index (χ2n) is 5.55. The summed E-state index contributed by atoms with van der Waals surface area (Å²) < 4.78 is 11.3. The van der Waals surface area contributed by atoms with E-state index < -0.39 is 0 Å². The molecule has 21 heavy (non-hydrogen) atoms. The lowest BCUT2D eigenvalue weighted by atomic mass is 10.1. The molecule has 0 saturated heterocycles. The van der Waals surface area contributed by atoms with Gasteiger partial charge in [-0.2, -0.15) is 0 Å². The second kappa shape index (κ2) is 5.77. The van der Waals surface area contributed by atoms with Crippen LogP contribution in [0.15, 0.2) is 24.5 Å². The van der Waals surface area contributed by atoms with Crippen molar-refractivity contribution in [1.29, 1.82) is 0 Å². The Balaban J connectivity index is 1.83. The van der Waals surface area contributed by atoms with E-state index in [1.54, 1.807) is 13.4 Å². The summed E-state index contributed by atoms with van der Waals surface area (Å²) in [6.07, 6.45) is 1.89. The smallest absolute Gasteiger partial charge is 0.127 e. The summed E-state index contributed by atoms with van der Waals surface area (Å²) in [7, 11) is 1.68.